The largest absolute Gasteiger partial charge is 0.480 e. The Labute approximate surface area is 128 Å². The average Bonchev–Trinajstić information content (AvgIpc) is 2.53. The van der Waals surface area contributed by atoms with Crippen molar-refractivity contribution in [3.05, 3.63) is 71.3 Å². The maximum absolute atomic E-state index is 12.0. The van der Waals surface area contributed by atoms with Crippen LogP contribution < -0.4 is 11.1 Å². The number of aliphatic carboxylic acids is 1. The van der Waals surface area contributed by atoms with Crippen LogP contribution in [0.25, 0.3) is 0 Å². The molecule has 0 bridgehead atoms. The molecule has 0 fully saturated rings. The number of hydrogen-bond donors (Lipinski definition) is 3. The molecule has 2 rings (SSSR count). The van der Waals surface area contributed by atoms with E-state index < -0.39 is 12.0 Å². The molecule has 4 N–H and O–H groups in total. The number of nitrogens with two attached hydrogens (primary N) is 1. The minimum absolute atomic E-state index is 0.145. The van der Waals surface area contributed by atoms with E-state index in [-0.39, 0.29) is 12.3 Å². The fraction of sp³-hybridized carbons (Fsp3) is 0.176. The van der Waals surface area contributed by atoms with Crippen molar-refractivity contribution in [1.29, 1.82) is 0 Å². The molecule has 5 nitrogen and oxygen atoms in total. The second kappa shape index (κ2) is 7.38. The topological polar surface area (TPSA) is 92.4 Å². The Hall–Kier alpha value is -2.66. The Balaban J connectivity index is 1.96. The van der Waals surface area contributed by atoms with E-state index in [1.54, 1.807) is 12.1 Å². The maximum atomic E-state index is 12.0. The predicted octanol–water partition coefficient (Wildman–Crippen LogP) is 1.57. The molecule has 2 aromatic carbocycles. The van der Waals surface area contributed by atoms with Gasteiger partial charge in [-0.1, -0.05) is 42.5 Å². The molecule has 5 heteroatoms. The zero-order valence-electron chi connectivity index (χ0n) is 12.0. The van der Waals surface area contributed by atoms with Crippen LogP contribution in [0.4, 0.5) is 0 Å². The van der Waals surface area contributed by atoms with Gasteiger partial charge in [-0.05, 0) is 29.7 Å². The van der Waals surface area contributed by atoms with Crippen LogP contribution in [0.3, 0.4) is 0 Å². The number of rotatable bonds is 6. The smallest absolute Gasteiger partial charge is 0.320 e. The van der Waals surface area contributed by atoms with Gasteiger partial charge >= 0.3 is 5.97 Å². The number of nitrogens with one attached hydrogen (secondary N) is 1. The SMILES string of the molecule is N[C@@H](Cc1cccc(CNC(=O)c2ccccc2)c1)C(=O)O. The van der Waals surface area contributed by atoms with Crippen LogP contribution in [0.2, 0.25) is 0 Å². The Morgan fingerprint density at radius 2 is 1.73 bits per heavy atom. The van der Waals surface area contributed by atoms with Crippen molar-refractivity contribution in [3.63, 3.8) is 0 Å². The fourth-order valence-corrected chi connectivity index (χ4v) is 2.08. The molecule has 22 heavy (non-hydrogen) atoms. The van der Waals surface area contributed by atoms with Gasteiger partial charge in [0.05, 0.1) is 0 Å². The Morgan fingerprint density at radius 1 is 1.05 bits per heavy atom. The molecule has 0 spiro atoms. The third-order valence-corrected chi connectivity index (χ3v) is 3.25. The van der Waals surface area contributed by atoms with Gasteiger partial charge in [0.15, 0.2) is 0 Å². The van der Waals surface area contributed by atoms with E-state index in [1.807, 2.05) is 42.5 Å². The summed E-state index contributed by atoms with van der Waals surface area (Å²) in [5.41, 5.74) is 7.87. The molecule has 0 aliphatic heterocycles. The summed E-state index contributed by atoms with van der Waals surface area (Å²) in [6.45, 7) is 0.379. The number of carbonyl (C=O) groups is 2. The summed E-state index contributed by atoms with van der Waals surface area (Å²) in [7, 11) is 0. The lowest BCUT2D eigenvalue weighted by Gasteiger charge is -2.09. The number of hydrogen-bond acceptors (Lipinski definition) is 3. The number of carboxylic acids is 1. The lowest BCUT2D eigenvalue weighted by Crippen LogP contribution is -2.32. The highest BCUT2D eigenvalue weighted by Gasteiger charge is 2.12. The molecule has 0 unspecified atom stereocenters. The zero-order chi connectivity index (χ0) is 15.9. The van der Waals surface area contributed by atoms with Gasteiger partial charge in [0.1, 0.15) is 6.04 Å². The number of carboxylic acid groups (broad SMARTS) is 1. The van der Waals surface area contributed by atoms with Crippen molar-refractivity contribution < 1.29 is 14.7 Å². The van der Waals surface area contributed by atoms with E-state index in [4.69, 9.17) is 10.8 Å². The van der Waals surface area contributed by atoms with Crippen LogP contribution in [0.15, 0.2) is 54.6 Å². The van der Waals surface area contributed by atoms with Crippen LogP contribution in [0.5, 0.6) is 0 Å². The van der Waals surface area contributed by atoms with E-state index in [1.165, 1.54) is 0 Å². The summed E-state index contributed by atoms with van der Waals surface area (Å²) in [6, 6.07) is 15.4. The second-order valence-electron chi connectivity index (χ2n) is 5.02. The summed E-state index contributed by atoms with van der Waals surface area (Å²) in [6.07, 6.45) is 0.260. The minimum Gasteiger partial charge on any atom is -0.480 e. The Morgan fingerprint density at radius 3 is 2.41 bits per heavy atom. The standard InChI is InChI=1S/C17H18N2O3/c18-15(17(21)22)10-12-5-4-6-13(9-12)11-19-16(20)14-7-2-1-3-8-14/h1-9,15H,10-11,18H2,(H,19,20)(H,21,22)/t15-/m0/s1. The van der Waals surface area contributed by atoms with Crippen molar-refractivity contribution in [3.8, 4) is 0 Å². The Bertz CT molecular complexity index is 656. The van der Waals surface area contributed by atoms with Gasteiger partial charge < -0.3 is 16.2 Å². The van der Waals surface area contributed by atoms with Crippen molar-refractivity contribution >= 4 is 11.9 Å². The van der Waals surface area contributed by atoms with Crippen LogP contribution >= 0.6 is 0 Å². The lowest BCUT2D eigenvalue weighted by molar-refractivity contribution is -0.138. The van der Waals surface area contributed by atoms with Gasteiger partial charge in [0.2, 0.25) is 0 Å². The fourth-order valence-electron chi connectivity index (χ4n) is 2.08. The highest BCUT2D eigenvalue weighted by atomic mass is 16.4. The molecule has 2 aromatic rings. The summed E-state index contributed by atoms with van der Waals surface area (Å²) in [5, 5.41) is 11.7. The van der Waals surface area contributed by atoms with Crippen molar-refractivity contribution in [1.82, 2.24) is 5.32 Å². The molecule has 114 valence electrons. The third-order valence-electron chi connectivity index (χ3n) is 3.25. The van der Waals surface area contributed by atoms with Gasteiger partial charge in [0, 0.05) is 12.1 Å². The molecule has 1 amide bonds. The quantitative estimate of drug-likeness (QED) is 0.755. The van der Waals surface area contributed by atoms with E-state index in [0.717, 1.165) is 11.1 Å². The summed E-state index contributed by atoms with van der Waals surface area (Å²) < 4.78 is 0. The molecule has 0 saturated carbocycles. The molecular weight excluding hydrogens is 280 g/mol. The van der Waals surface area contributed by atoms with Gasteiger partial charge in [0.25, 0.3) is 5.91 Å². The summed E-state index contributed by atoms with van der Waals surface area (Å²) in [5.74, 6) is -1.17. The summed E-state index contributed by atoms with van der Waals surface area (Å²) in [4.78, 5) is 22.7. The van der Waals surface area contributed by atoms with E-state index >= 15 is 0 Å². The highest BCUT2D eigenvalue weighted by molar-refractivity contribution is 5.94. The normalized spacial score (nSPS) is 11.7. The van der Waals surface area contributed by atoms with E-state index in [0.29, 0.717) is 12.1 Å². The van der Waals surface area contributed by atoms with Crippen LogP contribution in [0.1, 0.15) is 21.5 Å². The zero-order valence-corrected chi connectivity index (χ0v) is 12.0. The molecule has 0 radical (unpaired) electrons. The number of benzene rings is 2. The van der Waals surface area contributed by atoms with Crippen LogP contribution in [-0.4, -0.2) is 23.0 Å². The molecule has 0 aliphatic rings. The first-order valence-corrected chi connectivity index (χ1v) is 6.95. The van der Waals surface area contributed by atoms with E-state index in [9.17, 15) is 9.59 Å². The molecule has 1 atom stereocenters. The van der Waals surface area contributed by atoms with Crippen LogP contribution in [0, 0.1) is 0 Å². The Kier molecular flexibility index (Phi) is 5.27. The molecular formula is C17H18N2O3. The van der Waals surface area contributed by atoms with Gasteiger partial charge in [-0.15, -0.1) is 0 Å². The predicted molar refractivity (Wildman–Crippen MR) is 83.4 cm³/mol. The van der Waals surface area contributed by atoms with Crippen molar-refractivity contribution in [2.45, 2.75) is 19.0 Å². The first-order chi connectivity index (χ1) is 10.6. The first-order valence-electron chi connectivity index (χ1n) is 6.95. The van der Waals surface area contributed by atoms with Gasteiger partial charge in [-0.2, -0.15) is 0 Å². The van der Waals surface area contributed by atoms with Gasteiger partial charge in [-0.25, -0.2) is 0 Å². The third kappa shape index (κ3) is 4.43. The van der Waals surface area contributed by atoms with Crippen molar-refractivity contribution in [2.24, 2.45) is 5.73 Å². The summed E-state index contributed by atoms with van der Waals surface area (Å²) >= 11 is 0. The molecule has 0 aliphatic carbocycles. The van der Waals surface area contributed by atoms with Crippen molar-refractivity contribution in [2.75, 3.05) is 0 Å². The minimum atomic E-state index is -1.03. The second-order valence-corrected chi connectivity index (χ2v) is 5.02. The molecule has 0 aromatic heterocycles. The van der Waals surface area contributed by atoms with Crippen LogP contribution in [-0.2, 0) is 17.8 Å². The number of carbonyl (C=O) groups excluding carboxylic acids is 1. The number of amides is 1. The monoisotopic (exact) mass is 298 g/mol. The maximum Gasteiger partial charge on any atom is 0.320 e. The molecule has 0 heterocycles. The van der Waals surface area contributed by atoms with E-state index in [2.05, 4.69) is 5.32 Å². The molecule has 0 saturated heterocycles. The van der Waals surface area contributed by atoms with Gasteiger partial charge in [-0.3, -0.25) is 9.59 Å². The first kappa shape index (κ1) is 15.7. The highest BCUT2D eigenvalue weighted by Crippen LogP contribution is 2.08. The average molecular weight is 298 g/mol. The lowest BCUT2D eigenvalue weighted by atomic mass is 10.0.